The van der Waals surface area contributed by atoms with Crippen molar-refractivity contribution in [1.82, 2.24) is 29.4 Å². The van der Waals surface area contributed by atoms with Crippen molar-refractivity contribution in [2.24, 2.45) is 0 Å². The van der Waals surface area contributed by atoms with E-state index < -0.39 is 0 Å². The summed E-state index contributed by atoms with van der Waals surface area (Å²) < 4.78 is 15.1. The molecule has 0 saturated carbocycles. The van der Waals surface area contributed by atoms with E-state index in [2.05, 4.69) is 33.3 Å². The Balaban J connectivity index is 1.44. The molecular formula is C23H22N6O2. The predicted octanol–water partition coefficient (Wildman–Crippen LogP) is 4.00. The van der Waals surface area contributed by atoms with Crippen LogP contribution in [0.3, 0.4) is 0 Å². The Kier molecular flexibility index (Phi) is 4.95. The molecule has 156 valence electrons. The average Bonchev–Trinajstić information content (AvgIpc) is 3.43. The summed E-state index contributed by atoms with van der Waals surface area (Å²) in [5.41, 5.74) is 3.58. The van der Waals surface area contributed by atoms with Gasteiger partial charge in [-0.2, -0.15) is 5.10 Å². The summed E-state index contributed by atoms with van der Waals surface area (Å²) in [5, 5.41) is 14.0. The van der Waals surface area contributed by atoms with Crippen LogP contribution in [0.25, 0.3) is 22.4 Å². The summed E-state index contributed by atoms with van der Waals surface area (Å²) in [6.07, 6.45) is 5.56. The molecule has 0 bridgehead atoms. The fraction of sp³-hybridized carbons (Fsp3) is 0.217. The number of aryl methyl sites for hydroxylation is 1. The van der Waals surface area contributed by atoms with E-state index in [9.17, 15) is 0 Å². The first-order valence-corrected chi connectivity index (χ1v) is 10.2. The van der Waals surface area contributed by atoms with Gasteiger partial charge in [-0.1, -0.05) is 37.6 Å². The average molecular weight is 414 g/mol. The zero-order valence-electron chi connectivity index (χ0n) is 17.4. The molecular weight excluding hydrogens is 392 g/mol. The smallest absolute Gasteiger partial charge is 0.176 e. The van der Waals surface area contributed by atoms with Crippen molar-refractivity contribution in [2.45, 2.75) is 26.4 Å². The number of nitrogens with zero attached hydrogens (tertiary/aromatic N) is 6. The fourth-order valence-corrected chi connectivity index (χ4v) is 3.64. The number of ether oxygens (including phenoxy) is 2. The van der Waals surface area contributed by atoms with E-state index in [0.29, 0.717) is 23.0 Å². The standard InChI is InChI=1S/C23H22N6O2/c1-3-7-16-10-11-19(20(12-16)30-2)31-14-21-26-27-23-18-13-25-29(17-8-5-4-6-9-17)22(18)24-15-28(21)23/h4-6,8-13,15H,3,7,14H2,1-2H3. The topological polar surface area (TPSA) is 79.4 Å². The molecule has 8 heteroatoms. The van der Waals surface area contributed by atoms with Gasteiger partial charge in [-0.15, -0.1) is 10.2 Å². The molecule has 0 amide bonds. The number of aromatic nitrogens is 6. The van der Waals surface area contributed by atoms with Crippen molar-refractivity contribution >= 4 is 16.7 Å². The Morgan fingerprint density at radius 3 is 2.65 bits per heavy atom. The van der Waals surface area contributed by atoms with Gasteiger partial charge in [-0.3, -0.25) is 4.40 Å². The van der Waals surface area contributed by atoms with Crippen molar-refractivity contribution in [3.8, 4) is 17.2 Å². The zero-order chi connectivity index (χ0) is 21.2. The van der Waals surface area contributed by atoms with Crippen LogP contribution in [-0.2, 0) is 13.0 Å². The van der Waals surface area contributed by atoms with E-state index in [1.807, 2.05) is 46.9 Å². The first-order chi connectivity index (χ1) is 15.3. The first-order valence-electron chi connectivity index (χ1n) is 10.2. The minimum Gasteiger partial charge on any atom is -0.493 e. The molecule has 0 N–H and O–H groups in total. The fourth-order valence-electron chi connectivity index (χ4n) is 3.64. The summed E-state index contributed by atoms with van der Waals surface area (Å²) in [5.74, 6) is 2.03. The van der Waals surface area contributed by atoms with Crippen LogP contribution in [0, 0.1) is 0 Å². The van der Waals surface area contributed by atoms with Gasteiger partial charge in [0, 0.05) is 0 Å². The lowest BCUT2D eigenvalue weighted by Gasteiger charge is -2.11. The molecule has 0 saturated heterocycles. The van der Waals surface area contributed by atoms with Gasteiger partial charge in [0.25, 0.3) is 0 Å². The summed E-state index contributed by atoms with van der Waals surface area (Å²) in [6.45, 7) is 2.40. The largest absolute Gasteiger partial charge is 0.493 e. The molecule has 5 aromatic rings. The second kappa shape index (κ2) is 8.06. The van der Waals surface area contributed by atoms with Crippen LogP contribution in [0.5, 0.6) is 11.5 Å². The Morgan fingerprint density at radius 1 is 0.968 bits per heavy atom. The number of para-hydroxylation sites is 1. The predicted molar refractivity (Wildman–Crippen MR) is 117 cm³/mol. The van der Waals surface area contributed by atoms with Crippen LogP contribution in [0.1, 0.15) is 24.7 Å². The quantitative estimate of drug-likeness (QED) is 0.400. The molecule has 3 aromatic heterocycles. The number of rotatable bonds is 7. The van der Waals surface area contributed by atoms with Crippen molar-refractivity contribution in [3.63, 3.8) is 0 Å². The lowest BCUT2D eigenvalue weighted by molar-refractivity contribution is 0.275. The van der Waals surface area contributed by atoms with E-state index in [1.54, 1.807) is 24.3 Å². The molecule has 8 nitrogen and oxygen atoms in total. The Bertz CT molecular complexity index is 1340. The number of hydrogen-bond donors (Lipinski definition) is 0. The third-order valence-corrected chi connectivity index (χ3v) is 5.17. The normalized spacial score (nSPS) is 11.3. The minimum atomic E-state index is 0.241. The van der Waals surface area contributed by atoms with Crippen LogP contribution < -0.4 is 9.47 Å². The zero-order valence-corrected chi connectivity index (χ0v) is 17.4. The molecule has 0 atom stereocenters. The molecule has 3 heterocycles. The van der Waals surface area contributed by atoms with Crippen LogP contribution in [0.2, 0.25) is 0 Å². The van der Waals surface area contributed by atoms with Gasteiger partial charge in [-0.25, -0.2) is 9.67 Å². The van der Waals surface area contributed by atoms with Gasteiger partial charge in [0.1, 0.15) is 12.9 Å². The Labute approximate surface area is 179 Å². The van der Waals surface area contributed by atoms with E-state index in [4.69, 9.17) is 9.47 Å². The summed E-state index contributed by atoms with van der Waals surface area (Å²) in [4.78, 5) is 4.60. The molecule has 0 radical (unpaired) electrons. The molecule has 0 aliphatic carbocycles. The molecule has 31 heavy (non-hydrogen) atoms. The van der Waals surface area contributed by atoms with E-state index >= 15 is 0 Å². The summed E-state index contributed by atoms with van der Waals surface area (Å²) in [6, 6.07) is 15.9. The van der Waals surface area contributed by atoms with Gasteiger partial charge < -0.3 is 9.47 Å². The van der Waals surface area contributed by atoms with Gasteiger partial charge in [0.05, 0.1) is 24.4 Å². The number of methoxy groups -OCH3 is 1. The third kappa shape index (κ3) is 3.46. The van der Waals surface area contributed by atoms with Gasteiger partial charge >= 0.3 is 0 Å². The van der Waals surface area contributed by atoms with E-state index in [-0.39, 0.29) is 6.61 Å². The third-order valence-electron chi connectivity index (χ3n) is 5.17. The molecule has 0 fully saturated rings. The van der Waals surface area contributed by atoms with E-state index in [1.165, 1.54) is 5.56 Å². The minimum absolute atomic E-state index is 0.241. The second-order valence-corrected chi connectivity index (χ2v) is 7.21. The SMILES string of the molecule is CCCc1ccc(OCc2nnc3c4cnn(-c5ccccc5)c4ncn23)c(OC)c1. The van der Waals surface area contributed by atoms with Gasteiger partial charge in [0.2, 0.25) is 0 Å². The maximum Gasteiger partial charge on any atom is 0.176 e. The molecule has 0 aliphatic rings. The van der Waals surface area contributed by atoms with Crippen LogP contribution in [0.15, 0.2) is 61.1 Å². The molecule has 2 aromatic carbocycles. The van der Waals surface area contributed by atoms with Crippen LogP contribution >= 0.6 is 0 Å². The van der Waals surface area contributed by atoms with Crippen molar-refractivity contribution < 1.29 is 9.47 Å². The molecule has 0 spiro atoms. The number of benzene rings is 2. The lowest BCUT2D eigenvalue weighted by atomic mass is 10.1. The first kappa shape index (κ1) is 19.0. The Hall–Kier alpha value is -3.94. The number of hydrogen-bond acceptors (Lipinski definition) is 6. The highest BCUT2D eigenvalue weighted by Crippen LogP contribution is 2.29. The number of fused-ring (bicyclic) bond motifs is 3. The monoisotopic (exact) mass is 414 g/mol. The van der Waals surface area contributed by atoms with Gasteiger partial charge in [-0.05, 0) is 36.2 Å². The van der Waals surface area contributed by atoms with Crippen LogP contribution in [0.4, 0.5) is 0 Å². The summed E-state index contributed by atoms with van der Waals surface area (Å²) >= 11 is 0. The molecule has 0 unspecified atom stereocenters. The maximum absolute atomic E-state index is 6.00. The Morgan fingerprint density at radius 2 is 1.84 bits per heavy atom. The highest BCUT2D eigenvalue weighted by Gasteiger charge is 2.15. The molecule has 5 rings (SSSR count). The second-order valence-electron chi connectivity index (χ2n) is 7.21. The van der Waals surface area contributed by atoms with E-state index in [0.717, 1.165) is 29.6 Å². The van der Waals surface area contributed by atoms with Crippen molar-refractivity contribution in [2.75, 3.05) is 7.11 Å². The maximum atomic E-state index is 6.00. The highest BCUT2D eigenvalue weighted by molar-refractivity contribution is 5.89. The van der Waals surface area contributed by atoms with Crippen molar-refractivity contribution in [1.29, 1.82) is 0 Å². The lowest BCUT2D eigenvalue weighted by Crippen LogP contribution is -2.04. The van der Waals surface area contributed by atoms with Crippen LogP contribution in [-0.4, -0.2) is 36.5 Å². The van der Waals surface area contributed by atoms with Crippen molar-refractivity contribution in [3.05, 3.63) is 72.4 Å². The van der Waals surface area contributed by atoms with Gasteiger partial charge in [0.15, 0.2) is 28.6 Å². The summed E-state index contributed by atoms with van der Waals surface area (Å²) in [7, 11) is 1.65. The molecule has 0 aliphatic heterocycles. The highest BCUT2D eigenvalue weighted by atomic mass is 16.5.